The van der Waals surface area contributed by atoms with E-state index in [-0.39, 0.29) is 10.8 Å². The summed E-state index contributed by atoms with van der Waals surface area (Å²) in [5.74, 6) is -0.291. The Morgan fingerprint density at radius 2 is 1.43 bits per heavy atom. The third-order valence-corrected chi connectivity index (χ3v) is 5.84. The Bertz CT molecular complexity index is 1120. The van der Waals surface area contributed by atoms with Crippen molar-refractivity contribution in [3.63, 3.8) is 0 Å². The standard InChI is InChI=1S/C22H22N2O3S/c1-15-8-9-17(3)21(14-15)24-28(26,27)19-12-10-18(11-13-19)22(25)23-20-7-5-4-6-16(20)2/h4-14,24H,1-3H3,(H,23,25). The van der Waals surface area contributed by atoms with Gasteiger partial charge in [0.1, 0.15) is 0 Å². The largest absolute Gasteiger partial charge is 0.322 e. The van der Waals surface area contributed by atoms with Gasteiger partial charge in [0, 0.05) is 11.3 Å². The van der Waals surface area contributed by atoms with Gasteiger partial charge in [-0.2, -0.15) is 0 Å². The Labute approximate surface area is 165 Å². The number of aryl methyl sites for hydroxylation is 3. The fraction of sp³-hybridized carbons (Fsp3) is 0.136. The number of carbonyl (C=O) groups is 1. The lowest BCUT2D eigenvalue weighted by atomic mass is 10.1. The zero-order valence-corrected chi connectivity index (χ0v) is 16.8. The van der Waals surface area contributed by atoms with Crippen LogP contribution in [0.2, 0.25) is 0 Å². The number of nitrogens with one attached hydrogen (secondary N) is 2. The van der Waals surface area contributed by atoms with Crippen molar-refractivity contribution in [1.29, 1.82) is 0 Å². The zero-order chi connectivity index (χ0) is 20.3. The summed E-state index contributed by atoms with van der Waals surface area (Å²) < 4.78 is 28.0. The van der Waals surface area contributed by atoms with Crippen molar-refractivity contribution in [1.82, 2.24) is 0 Å². The predicted octanol–water partition coefficient (Wildman–Crippen LogP) is 4.66. The maximum absolute atomic E-state index is 12.7. The summed E-state index contributed by atoms with van der Waals surface area (Å²) in [7, 11) is -3.74. The highest BCUT2D eigenvalue weighted by atomic mass is 32.2. The van der Waals surface area contributed by atoms with Crippen molar-refractivity contribution in [3.8, 4) is 0 Å². The van der Waals surface area contributed by atoms with Gasteiger partial charge in [-0.05, 0) is 73.9 Å². The van der Waals surface area contributed by atoms with Crippen molar-refractivity contribution in [2.24, 2.45) is 0 Å². The van der Waals surface area contributed by atoms with E-state index in [0.29, 0.717) is 11.3 Å². The van der Waals surface area contributed by atoms with E-state index in [1.54, 1.807) is 6.07 Å². The molecule has 0 spiro atoms. The van der Waals surface area contributed by atoms with E-state index < -0.39 is 10.0 Å². The van der Waals surface area contributed by atoms with E-state index >= 15 is 0 Å². The van der Waals surface area contributed by atoms with Gasteiger partial charge >= 0.3 is 0 Å². The molecule has 0 unspecified atom stereocenters. The molecule has 0 aliphatic carbocycles. The molecule has 0 fully saturated rings. The fourth-order valence-corrected chi connectivity index (χ4v) is 3.86. The van der Waals surface area contributed by atoms with E-state index in [2.05, 4.69) is 10.0 Å². The molecule has 3 rings (SSSR count). The number of benzene rings is 3. The normalized spacial score (nSPS) is 11.1. The van der Waals surface area contributed by atoms with Crippen molar-refractivity contribution >= 4 is 27.3 Å². The van der Waals surface area contributed by atoms with E-state index in [9.17, 15) is 13.2 Å². The maximum atomic E-state index is 12.7. The topological polar surface area (TPSA) is 75.3 Å². The van der Waals surface area contributed by atoms with Crippen LogP contribution in [0.15, 0.2) is 71.6 Å². The van der Waals surface area contributed by atoms with Crippen LogP contribution in [0.3, 0.4) is 0 Å². The second-order valence-electron chi connectivity index (χ2n) is 6.72. The van der Waals surface area contributed by atoms with Crippen LogP contribution in [0.5, 0.6) is 0 Å². The molecule has 3 aromatic rings. The van der Waals surface area contributed by atoms with Gasteiger partial charge in [0.15, 0.2) is 0 Å². The molecule has 0 saturated carbocycles. The number of carbonyl (C=O) groups excluding carboxylic acids is 1. The number of para-hydroxylation sites is 1. The molecule has 1 amide bonds. The maximum Gasteiger partial charge on any atom is 0.261 e. The molecule has 0 bridgehead atoms. The molecule has 28 heavy (non-hydrogen) atoms. The number of anilines is 2. The molecule has 5 nitrogen and oxygen atoms in total. The number of hydrogen-bond donors (Lipinski definition) is 2. The summed E-state index contributed by atoms with van der Waals surface area (Å²) in [6.45, 7) is 5.65. The number of sulfonamides is 1. The van der Waals surface area contributed by atoms with Gasteiger partial charge in [-0.3, -0.25) is 9.52 Å². The third kappa shape index (κ3) is 4.40. The van der Waals surface area contributed by atoms with Crippen LogP contribution in [-0.2, 0) is 10.0 Å². The number of amides is 1. The quantitative estimate of drug-likeness (QED) is 0.661. The van der Waals surface area contributed by atoms with Crippen molar-refractivity contribution in [3.05, 3.63) is 89.0 Å². The van der Waals surface area contributed by atoms with Crippen LogP contribution < -0.4 is 10.0 Å². The molecule has 2 N–H and O–H groups in total. The zero-order valence-electron chi connectivity index (χ0n) is 16.0. The average Bonchev–Trinajstić information content (AvgIpc) is 2.66. The van der Waals surface area contributed by atoms with Gasteiger partial charge in [-0.15, -0.1) is 0 Å². The lowest BCUT2D eigenvalue weighted by Crippen LogP contribution is -2.15. The van der Waals surface area contributed by atoms with Gasteiger partial charge in [0.25, 0.3) is 15.9 Å². The second-order valence-corrected chi connectivity index (χ2v) is 8.40. The van der Waals surface area contributed by atoms with Crippen LogP contribution in [-0.4, -0.2) is 14.3 Å². The van der Waals surface area contributed by atoms with Crippen molar-refractivity contribution in [2.45, 2.75) is 25.7 Å². The second kappa shape index (κ2) is 7.86. The molecule has 0 saturated heterocycles. The summed E-state index contributed by atoms with van der Waals surface area (Å²) in [4.78, 5) is 12.5. The van der Waals surface area contributed by atoms with Crippen LogP contribution in [0, 0.1) is 20.8 Å². The van der Waals surface area contributed by atoms with Gasteiger partial charge in [0.2, 0.25) is 0 Å². The first-order valence-corrected chi connectivity index (χ1v) is 10.3. The monoisotopic (exact) mass is 394 g/mol. The highest BCUT2D eigenvalue weighted by Gasteiger charge is 2.16. The molecule has 144 valence electrons. The Morgan fingerprint density at radius 3 is 2.11 bits per heavy atom. The number of hydrogen-bond acceptors (Lipinski definition) is 3. The molecule has 0 aliphatic rings. The minimum Gasteiger partial charge on any atom is -0.322 e. The lowest BCUT2D eigenvalue weighted by molar-refractivity contribution is 0.102. The molecule has 6 heteroatoms. The minimum absolute atomic E-state index is 0.0980. The van der Waals surface area contributed by atoms with E-state index in [0.717, 1.165) is 22.4 Å². The molecule has 0 aliphatic heterocycles. The molecule has 3 aromatic carbocycles. The van der Waals surface area contributed by atoms with Crippen molar-refractivity contribution in [2.75, 3.05) is 10.0 Å². The van der Waals surface area contributed by atoms with Crippen molar-refractivity contribution < 1.29 is 13.2 Å². The first-order valence-electron chi connectivity index (χ1n) is 8.83. The third-order valence-electron chi connectivity index (χ3n) is 4.46. The summed E-state index contributed by atoms with van der Waals surface area (Å²) >= 11 is 0. The molecular formula is C22H22N2O3S. The summed E-state index contributed by atoms with van der Waals surface area (Å²) in [6, 6.07) is 18.9. The predicted molar refractivity (Wildman–Crippen MR) is 112 cm³/mol. The smallest absolute Gasteiger partial charge is 0.261 e. The Morgan fingerprint density at radius 1 is 0.786 bits per heavy atom. The molecule has 0 radical (unpaired) electrons. The van der Waals surface area contributed by atoms with Gasteiger partial charge in [-0.25, -0.2) is 8.42 Å². The highest BCUT2D eigenvalue weighted by Crippen LogP contribution is 2.22. The van der Waals surface area contributed by atoms with Crippen LogP contribution in [0.1, 0.15) is 27.0 Å². The average molecular weight is 394 g/mol. The molecule has 0 aromatic heterocycles. The Kier molecular flexibility index (Phi) is 5.51. The summed E-state index contributed by atoms with van der Waals surface area (Å²) in [5.41, 5.74) is 4.40. The van der Waals surface area contributed by atoms with Crippen LogP contribution in [0.25, 0.3) is 0 Å². The Hall–Kier alpha value is -3.12. The first kappa shape index (κ1) is 19.6. The molecule has 0 heterocycles. The summed E-state index contributed by atoms with van der Waals surface area (Å²) in [5, 5.41) is 2.83. The van der Waals surface area contributed by atoms with E-state index in [4.69, 9.17) is 0 Å². The van der Waals surface area contributed by atoms with Crippen LogP contribution >= 0.6 is 0 Å². The SMILES string of the molecule is Cc1ccc(C)c(NS(=O)(=O)c2ccc(C(=O)Nc3ccccc3C)cc2)c1. The number of rotatable bonds is 5. The fourth-order valence-electron chi connectivity index (χ4n) is 2.74. The molecular weight excluding hydrogens is 372 g/mol. The van der Waals surface area contributed by atoms with Gasteiger partial charge in [-0.1, -0.05) is 30.3 Å². The van der Waals surface area contributed by atoms with E-state index in [1.807, 2.05) is 57.2 Å². The van der Waals surface area contributed by atoms with E-state index in [1.165, 1.54) is 24.3 Å². The highest BCUT2D eigenvalue weighted by molar-refractivity contribution is 7.92. The minimum atomic E-state index is -3.74. The molecule has 0 atom stereocenters. The summed E-state index contributed by atoms with van der Waals surface area (Å²) in [6.07, 6.45) is 0. The van der Waals surface area contributed by atoms with Gasteiger partial charge < -0.3 is 5.32 Å². The van der Waals surface area contributed by atoms with Crippen LogP contribution in [0.4, 0.5) is 11.4 Å². The van der Waals surface area contributed by atoms with Gasteiger partial charge in [0.05, 0.1) is 10.6 Å². The first-order chi connectivity index (χ1) is 13.3. The lowest BCUT2D eigenvalue weighted by Gasteiger charge is -2.12. The Balaban J connectivity index is 1.78.